The molecular weight excluding hydrogens is 378 g/mol. The number of carbonyl (C=O) groups excluding carboxylic acids is 1. The van der Waals surface area contributed by atoms with Gasteiger partial charge in [-0.15, -0.1) is 0 Å². The highest BCUT2D eigenvalue weighted by atomic mass is 16.5. The van der Waals surface area contributed by atoms with E-state index in [-0.39, 0.29) is 5.91 Å². The van der Waals surface area contributed by atoms with E-state index in [0.717, 1.165) is 56.2 Å². The molecule has 1 saturated heterocycles. The summed E-state index contributed by atoms with van der Waals surface area (Å²) in [6, 6.07) is 11.7. The SMILES string of the molecule is CC1=C(C#N)C(c2cccc(C(=O)NCCCN3CCOCC3)c2)C(C#N)=C(C)N1. The average molecular weight is 406 g/mol. The van der Waals surface area contributed by atoms with E-state index in [9.17, 15) is 15.3 Å². The summed E-state index contributed by atoms with van der Waals surface area (Å²) in [7, 11) is 0. The molecule has 7 heteroatoms. The van der Waals surface area contributed by atoms with Gasteiger partial charge < -0.3 is 15.4 Å². The van der Waals surface area contributed by atoms with Gasteiger partial charge in [0, 0.05) is 36.6 Å². The van der Waals surface area contributed by atoms with Gasteiger partial charge in [0.1, 0.15) is 0 Å². The molecule has 1 aromatic rings. The van der Waals surface area contributed by atoms with E-state index in [1.165, 1.54) is 0 Å². The van der Waals surface area contributed by atoms with E-state index in [2.05, 4.69) is 27.7 Å². The number of morpholine rings is 1. The number of amides is 1. The molecule has 7 nitrogen and oxygen atoms in total. The summed E-state index contributed by atoms with van der Waals surface area (Å²) in [4.78, 5) is 15.0. The first-order chi connectivity index (χ1) is 14.5. The molecule has 2 heterocycles. The van der Waals surface area contributed by atoms with Crippen molar-refractivity contribution < 1.29 is 9.53 Å². The molecule has 0 unspecified atom stereocenters. The van der Waals surface area contributed by atoms with Crippen LogP contribution in [0.1, 0.15) is 42.1 Å². The highest BCUT2D eigenvalue weighted by Crippen LogP contribution is 2.37. The summed E-state index contributed by atoms with van der Waals surface area (Å²) in [5, 5.41) is 25.4. The van der Waals surface area contributed by atoms with E-state index in [1.54, 1.807) is 18.2 Å². The minimum Gasteiger partial charge on any atom is -0.379 e. The number of dihydropyridines is 1. The molecule has 2 N–H and O–H groups in total. The van der Waals surface area contributed by atoms with Crippen LogP contribution in [0.15, 0.2) is 46.8 Å². The monoisotopic (exact) mass is 405 g/mol. The molecule has 0 aromatic heterocycles. The van der Waals surface area contributed by atoms with Crippen molar-refractivity contribution in [3.05, 3.63) is 57.9 Å². The molecule has 3 rings (SSSR count). The minimum atomic E-state index is -0.463. The number of carbonyl (C=O) groups is 1. The Morgan fingerprint density at radius 1 is 1.20 bits per heavy atom. The van der Waals surface area contributed by atoms with Crippen molar-refractivity contribution in [3.8, 4) is 12.1 Å². The molecule has 156 valence electrons. The largest absolute Gasteiger partial charge is 0.379 e. The Balaban J connectivity index is 1.69. The molecule has 30 heavy (non-hydrogen) atoms. The van der Waals surface area contributed by atoms with Crippen molar-refractivity contribution in [2.45, 2.75) is 26.2 Å². The van der Waals surface area contributed by atoms with Crippen LogP contribution >= 0.6 is 0 Å². The molecule has 0 spiro atoms. The summed E-state index contributed by atoms with van der Waals surface area (Å²) in [6.07, 6.45) is 0.876. The Bertz CT molecular complexity index is 909. The van der Waals surface area contributed by atoms with Crippen LogP contribution in [0.2, 0.25) is 0 Å². The van der Waals surface area contributed by atoms with Crippen LogP contribution in [-0.2, 0) is 4.74 Å². The number of benzene rings is 1. The van der Waals surface area contributed by atoms with Gasteiger partial charge in [0.15, 0.2) is 0 Å². The van der Waals surface area contributed by atoms with Crippen LogP contribution in [0.4, 0.5) is 0 Å². The van der Waals surface area contributed by atoms with Gasteiger partial charge in [-0.25, -0.2) is 0 Å². The lowest BCUT2D eigenvalue weighted by molar-refractivity contribution is 0.0374. The number of nitriles is 2. The lowest BCUT2D eigenvalue weighted by atomic mass is 9.81. The first kappa shape index (κ1) is 21.6. The van der Waals surface area contributed by atoms with Gasteiger partial charge in [-0.05, 0) is 44.5 Å². The van der Waals surface area contributed by atoms with Crippen LogP contribution in [0.3, 0.4) is 0 Å². The van der Waals surface area contributed by atoms with Gasteiger partial charge in [-0.3, -0.25) is 9.69 Å². The van der Waals surface area contributed by atoms with Crippen LogP contribution < -0.4 is 10.6 Å². The standard InChI is InChI=1S/C23H27N5O2/c1-16-20(14-24)22(21(15-25)17(2)27-16)18-5-3-6-19(13-18)23(29)26-7-4-8-28-9-11-30-12-10-28/h3,5-6,13,22,27H,4,7-12H2,1-2H3,(H,26,29). The van der Waals surface area contributed by atoms with Crippen LogP contribution in [0, 0.1) is 22.7 Å². The van der Waals surface area contributed by atoms with E-state index < -0.39 is 5.92 Å². The van der Waals surface area contributed by atoms with Crippen molar-refractivity contribution in [1.29, 1.82) is 10.5 Å². The predicted molar refractivity (Wildman–Crippen MR) is 113 cm³/mol. The van der Waals surface area contributed by atoms with Gasteiger partial charge in [0.2, 0.25) is 0 Å². The zero-order valence-electron chi connectivity index (χ0n) is 17.5. The molecule has 0 atom stereocenters. The highest BCUT2D eigenvalue weighted by molar-refractivity contribution is 5.94. The third-order valence-corrected chi connectivity index (χ3v) is 5.52. The van der Waals surface area contributed by atoms with E-state index in [0.29, 0.717) is 23.3 Å². The molecule has 0 radical (unpaired) electrons. The van der Waals surface area contributed by atoms with E-state index in [1.807, 2.05) is 19.9 Å². The maximum Gasteiger partial charge on any atom is 0.251 e. The van der Waals surface area contributed by atoms with Crippen molar-refractivity contribution in [1.82, 2.24) is 15.5 Å². The van der Waals surface area contributed by atoms with Gasteiger partial charge in [0.05, 0.1) is 42.4 Å². The Morgan fingerprint density at radius 2 is 1.87 bits per heavy atom. The number of allylic oxidation sites excluding steroid dienone is 4. The lowest BCUT2D eigenvalue weighted by Crippen LogP contribution is -2.38. The highest BCUT2D eigenvalue weighted by Gasteiger charge is 2.29. The minimum absolute atomic E-state index is 0.147. The van der Waals surface area contributed by atoms with Crippen molar-refractivity contribution in [2.24, 2.45) is 0 Å². The van der Waals surface area contributed by atoms with E-state index in [4.69, 9.17) is 4.74 Å². The molecule has 2 aliphatic heterocycles. The fourth-order valence-electron chi connectivity index (χ4n) is 3.91. The molecule has 0 saturated carbocycles. The molecule has 2 aliphatic rings. The topological polar surface area (TPSA) is 101 Å². The summed E-state index contributed by atoms with van der Waals surface area (Å²) in [5.74, 6) is -0.610. The summed E-state index contributed by atoms with van der Waals surface area (Å²) in [6.45, 7) is 8.61. The normalized spacial score (nSPS) is 17.9. The molecule has 0 aliphatic carbocycles. The lowest BCUT2D eigenvalue weighted by Gasteiger charge is -2.26. The quantitative estimate of drug-likeness (QED) is 0.705. The predicted octanol–water partition coefficient (Wildman–Crippen LogP) is 2.42. The number of nitrogens with zero attached hydrogens (tertiary/aromatic N) is 3. The second-order valence-electron chi connectivity index (χ2n) is 7.55. The van der Waals surface area contributed by atoms with Gasteiger partial charge in [-0.1, -0.05) is 12.1 Å². The Labute approximate surface area is 177 Å². The first-order valence-corrected chi connectivity index (χ1v) is 10.2. The third kappa shape index (κ3) is 4.88. The van der Waals surface area contributed by atoms with Crippen LogP contribution in [-0.4, -0.2) is 50.2 Å². The molecule has 1 fully saturated rings. The fourth-order valence-corrected chi connectivity index (χ4v) is 3.91. The van der Waals surface area contributed by atoms with Gasteiger partial charge in [0.25, 0.3) is 5.91 Å². The number of ether oxygens (including phenoxy) is 1. The zero-order valence-corrected chi connectivity index (χ0v) is 17.5. The smallest absolute Gasteiger partial charge is 0.251 e. The third-order valence-electron chi connectivity index (χ3n) is 5.52. The molecule has 0 bridgehead atoms. The van der Waals surface area contributed by atoms with Crippen molar-refractivity contribution in [2.75, 3.05) is 39.4 Å². The Hall–Kier alpha value is -3.13. The maximum absolute atomic E-state index is 12.7. The number of hydrogen-bond donors (Lipinski definition) is 2. The Morgan fingerprint density at radius 3 is 2.50 bits per heavy atom. The molecule has 1 aromatic carbocycles. The average Bonchev–Trinajstić information content (AvgIpc) is 2.77. The summed E-state index contributed by atoms with van der Waals surface area (Å²) in [5.41, 5.74) is 3.76. The molecular formula is C23H27N5O2. The summed E-state index contributed by atoms with van der Waals surface area (Å²) >= 11 is 0. The maximum atomic E-state index is 12.7. The van der Waals surface area contributed by atoms with Crippen molar-refractivity contribution >= 4 is 5.91 Å². The number of rotatable bonds is 6. The second-order valence-corrected chi connectivity index (χ2v) is 7.55. The van der Waals surface area contributed by atoms with Crippen LogP contribution in [0.25, 0.3) is 0 Å². The Kier molecular flexibility index (Phi) is 7.24. The fraction of sp³-hybridized carbons (Fsp3) is 0.435. The second kappa shape index (κ2) is 10.1. The first-order valence-electron chi connectivity index (χ1n) is 10.2. The van der Waals surface area contributed by atoms with Crippen LogP contribution in [0.5, 0.6) is 0 Å². The number of nitrogens with one attached hydrogen (secondary N) is 2. The van der Waals surface area contributed by atoms with Crippen molar-refractivity contribution in [3.63, 3.8) is 0 Å². The van der Waals surface area contributed by atoms with E-state index >= 15 is 0 Å². The number of hydrogen-bond acceptors (Lipinski definition) is 6. The van der Waals surface area contributed by atoms with Gasteiger partial charge >= 0.3 is 0 Å². The molecule has 1 amide bonds. The van der Waals surface area contributed by atoms with Gasteiger partial charge in [-0.2, -0.15) is 10.5 Å². The summed E-state index contributed by atoms with van der Waals surface area (Å²) < 4.78 is 5.35. The zero-order chi connectivity index (χ0) is 21.5.